The summed E-state index contributed by atoms with van der Waals surface area (Å²) in [5.41, 5.74) is 0. The molecule has 3 atom stereocenters. The van der Waals surface area contributed by atoms with Crippen LogP contribution in [0.15, 0.2) is 109 Å². The summed E-state index contributed by atoms with van der Waals surface area (Å²) in [4.78, 5) is 48.6. The maximum absolute atomic E-state index is 12.9. The van der Waals surface area contributed by atoms with Crippen LogP contribution in [0.25, 0.3) is 0 Å². The highest BCUT2D eigenvalue weighted by Crippen LogP contribution is 2.43. The van der Waals surface area contributed by atoms with Gasteiger partial charge >= 0.3 is 25.7 Å². The van der Waals surface area contributed by atoms with E-state index in [9.17, 15) is 28.9 Å². The number of aliphatic hydroxyl groups is 1. The zero-order chi connectivity index (χ0) is 55.5. The lowest BCUT2D eigenvalue weighted by molar-refractivity contribution is -0.161. The molecule has 0 heterocycles. The zero-order valence-corrected chi connectivity index (χ0v) is 48.8. The van der Waals surface area contributed by atoms with E-state index < -0.39 is 57.8 Å². The fraction of sp³-hybridized carbons (Fsp3) is 0.672. The number of hydrogen-bond donors (Lipinski definition) is 2. The number of allylic oxidation sites excluding steroid dienone is 18. The molecule has 0 aliphatic carbocycles. The fourth-order valence-corrected chi connectivity index (χ4v) is 8.43. The van der Waals surface area contributed by atoms with Crippen molar-refractivity contribution in [2.45, 2.75) is 251 Å². The van der Waals surface area contributed by atoms with Gasteiger partial charge in [-0.2, -0.15) is 0 Å². The highest BCUT2D eigenvalue weighted by Gasteiger charge is 2.28. The molecule has 12 heteroatoms. The Labute approximate surface area is 463 Å². The number of esters is 3. The van der Waals surface area contributed by atoms with Crippen molar-refractivity contribution >= 4 is 25.7 Å². The summed E-state index contributed by atoms with van der Waals surface area (Å²) in [7, 11) is -4.78. The quantitative estimate of drug-likeness (QED) is 0.0197. The van der Waals surface area contributed by atoms with Crippen LogP contribution in [0.5, 0.6) is 0 Å². The molecule has 0 aliphatic rings. The highest BCUT2D eigenvalue weighted by atomic mass is 31.2. The second-order valence-electron chi connectivity index (χ2n) is 19.4. The van der Waals surface area contributed by atoms with Crippen LogP contribution in [-0.2, 0) is 42.2 Å². The van der Waals surface area contributed by atoms with Gasteiger partial charge < -0.3 is 24.2 Å². The number of carbonyl (C=O) groups excluding carboxylic acids is 3. The smallest absolute Gasteiger partial charge is 0.462 e. The lowest BCUT2D eigenvalue weighted by Gasteiger charge is -2.21. The minimum atomic E-state index is -4.78. The van der Waals surface area contributed by atoms with Crippen molar-refractivity contribution in [3.8, 4) is 0 Å². The van der Waals surface area contributed by atoms with Crippen molar-refractivity contribution in [3.63, 3.8) is 0 Å². The number of aliphatic hydroxyl groups excluding tert-OH is 1. The Morgan fingerprint density at radius 2 is 0.711 bits per heavy atom. The van der Waals surface area contributed by atoms with Gasteiger partial charge in [0.1, 0.15) is 12.7 Å². The van der Waals surface area contributed by atoms with Gasteiger partial charge in [0.2, 0.25) is 0 Å². The first-order chi connectivity index (χ1) is 37.2. The first-order valence-electron chi connectivity index (χ1n) is 29.8. The van der Waals surface area contributed by atoms with Crippen LogP contribution < -0.4 is 0 Å². The lowest BCUT2D eigenvalue weighted by atomic mass is 10.1. The number of hydrogen-bond acceptors (Lipinski definition) is 10. The van der Waals surface area contributed by atoms with Gasteiger partial charge in [-0.1, -0.05) is 214 Å². The Morgan fingerprint density at radius 3 is 1.17 bits per heavy atom. The molecule has 0 saturated carbocycles. The van der Waals surface area contributed by atoms with E-state index in [1.54, 1.807) is 0 Å². The summed E-state index contributed by atoms with van der Waals surface area (Å²) in [6, 6.07) is 0. The number of unbranched alkanes of at least 4 members (excludes halogenated alkanes) is 19. The zero-order valence-electron chi connectivity index (χ0n) is 47.9. The van der Waals surface area contributed by atoms with Crippen LogP contribution in [0.2, 0.25) is 0 Å². The molecule has 0 aromatic heterocycles. The standard InChI is InChI=1S/C64H107O11P/c1-4-7-10-13-16-19-22-25-28-29-30-31-34-37-40-43-46-49-52-55-64(68)75-61(57-71-62(66)53-50-47-44-41-38-35-32-26-23-20-17-14-11-8-5-2)59-73-76(69,70)72-58-60(56-65)74-63(67)54-51-48-45-42-39-36-33-27-24-21-18-15-12-9-6-3/h7,10,16,18-19,21,25-28,30-33,37,40,46,49,60-61,65H,4-6,8-9,11-15,17,20,22-24,29,34-36,38-39,41-45,47-48,50-59H2,1-3H3,(H,69,70)/b10-7-,19-16-,21-18-,28-25-,31-30-,32-26-,33-27-,40-37-,49-46-. The summed E-state index contributed by atoms with van der Waals surface area (Å²) >= 11 is 0. The summed E-state index contributed by atoms with van der Waals surface area (Å²) < 4.78 is 39.4. The topological polar surface area (TPSA) is 155 Å². The minimum Gasteiger partial charge on any atom is -0.462 e. The molecule has 0 bridgehead atoms. The Balaban J connectivity index is 4.86. The molecular formula is C64H107O11P. The number of carbonyl (C=O) groups is 3. The third-order valence-corrected chi connectivity index (χ3v) is 13.1. The van der Waals surface area contributed by atoms with E-state index in [2.05, 4.69) is 118 Å². The Kier molecular flexibility index (Phi) is 54.4. The molecular weight excluding hydrogens is 976 g/mol. The van der Waals surface area contributed by atoms with E-state index in [0.29, 0.717) is 25.7 Å². The van der Waals surface area contributed by atoms with Gasteiger partial charge in [0, 0.05) is 19.3 Å². The Bertz CT molecular complexity index is 1690. The molecule has 0 radical (unpaired) electrons. The van der Waals surface area contributed by atoms with E-state index in [-0.39, 0.29) is 25.9 Å². The van der Waals surface area contributed by atoms with Crippen molar-refractivity contribution in [1.82, 2.24) is 0 Å². The van der Waals surface area contributed by atoms with Gasteiger partial charge in [-0.05, 0) is 116 Å². The van der Waals surface area contributed by atoms with E-state index >= 15 is 0 Å². The minimum absolute atomic E-state index is 0.0353. The molecule has 0 rings (SSSR count). The maximum Gasteiger partial charge on any atom is 0.472 e. The van der Waals surface area contributed by atoms with Crippen LogP contribution >= 0.6 is 7.82 Å². The molecule has 0 saturated heterocycles. The monoisotopic (exact) mass is 1080 g/mol. The Morgan fingerprint density at radius 1 is 0.382 bits per heavy atom. The molecule has 11 nitrogen and oxygen atoms in total. The van der Waals surface area contributed by atoms with Crippen LogP contribution in [-0.4, -0.2) is 66.5 Å². The van der Waals surface area contributed by atoms with Gasteiger partial charge in [-0.3, -0.25) is 23.4 Å². The van der Waals surface area contributed by atoms with E-state index in [1.165, 1.54) is 57.8 Å². The number of ether oxygens (including phenoxy) is 3. The molecule has 0 aromatic carbocycles. The molecule has 0 amide bonds. The SMILES string of the molecule is CC/C=C\C/C=C\C/C=C\C/C=C\C/C=C\C/C=C\CCC(=O)OC(COC(=O)CCCCCCC/C=C\CCCCCCCC)COP(=O)(O)OCC(CO)OC(=O)CCCCCCC/C=C\C/C=C\CCCCC. The van der Waals surface area contributed by atoms with Gasteiger partial charge in [-0.25, -0.2) is 4.57 Å². The molecule has 3 unspecified atom stereocenters. The Hall–Kier alpha value is -3.86. The summed E-state index contributed by atoms with van der Waals surface area (Å²) in [5, 5.41) is 9.82. The van der Waals surface area contributed by atoms with Crippen molar-refractivity contribution in [3.05, 3.63) is 109 Å². The maximum atomic E-state index is 12.9. The summed E-state index contributed by atoms with van der Waals surface area (Å²) in [5.74, 6) is -1.60. The van der Waals surface area contributed by atoms with E-state index in [1.807, 2.05) is 12.2 Å². The third-order valence-electron chi connectivity index (χ3n) is 12.2. The largest absolute Gasteiger partial charge is 0.472 e. The molecule has 0 aliphatic heterocycles. The lowest BCUT2D eigenvalue weighted by Crippen LogP contribution is -2.30. The molecule has 0 aromatic rings. The van der Waals surface area contributed by atoms with Gasteiger partial charge in [-0.15, -0.1) is 0 Å². The predicted molar refractivity (Wildman–Crippen MR) is 316 cm³/mol. The van der Waals surface area contributed by atoms with Crippen molar-refractivity contribution < 1.29 is 52.2 Å². The average Bonchev–Trinajstić information content (AvgIpc) is 3.41. The van der Waals surface area contributed by atoms with Crippen molar-refractivity contribution in [2.75, 3.05) is 26.4 Å². The van der Waals surface area contributed by atoms with Crippen LogP contribution in [0.1, 0.15) is 239 Å². The van der Waals surface area contributed by atoms with Crippen LogP contribution in [0.3, 0.4) is 0 Å². The van der Waals surface area contributed by atoms with Gasteiger partial charge in [0.15, 0.2) is 6.10 Å². The van der Waals surface area contributed by atoms with Crippen LogP contribution in [0.4, 0.5) is 0 Å². The second kappa shape index (κ2) is 57.3. The number of rotatable bonds is 54. The molecule has 434 valence electrons. The van der Waals surface area contributed by atoms with Crippen molar-refractivity contribution in [2.24, 2.45) is 0 Å². The summed E-state index contributed by atoms with van der Waals surface area (Å²) in [6.45, 7) is 4.39. The fourth-order valence-electron chi connectivity index (χ4n) is 7.64. The first-order valence-corrected chi connectivity index (χ1v) is 31.3. The second-order valence-corrected chi connectivity index (χ2v) is 20.9. The number of phosphoric ester groups is 1. The number of phosphoric acid groups is 1. The average molecular weight is 1080 g/mol. The van der Waals surface area contributed by atoms with Gasteiger partial charge in [0.25, 0.3) is 0 Å². The van der Waals surface area contributed by atoms with Crippen molar-refractivity contribution in [1.29, 1.82) is 0 Å². The molecule has 2 N–H and O–H groups in total. The summed E-state index contributed by atoms with van der Waals surface area (Å²) in [6.07, 6.45) is 69.1. The predicted octanol–water partition coefficient (Wildman–Crippen LogP) is 17.8. The molecule has 0 fully saturated rings. The molecule has 0 spiro atoms. The van der Waals surface area contributed by atoms with Gasteiger partial charge in [0.05, 0.1) is 19.8 Å². The van der Waals surface area contributed by atoms with E-state index in [0.717, 1.165) is 116 Å². The normalized spacial score (nSPS) is 14.1. The highest BCUT2D eigenvalue weighted by molar-refractivity contribution is 7.47. The van der Waals surface area contributed by atoms with Crippen LogP contribution in [0, 0.1) is 0 Å². The van der Waals surface area contributed by atoms with E-state index in [4.69, 9.17) is 23.3 Å². The first kappa shape index (κ1) is 72.1. The third kappa shape index (κ3) is 54.9. The molecule has 76 heavy (non-hydrogen) atoms.